The highest BCUT2D eigenvalue weighted by atomic mass is 16.5. The number of hydrogen-bond acceptors (Lipinski definition) is 4. The van der Waals surface area contributed by atoms with Crippen molar-refractivity contribution in [2.45, 2.75) is 79.4 Å². The summed E-state index contributed by atoms with van der Waals surface area (Å²) < 4.78 is 11.4. The molecule has 1 fully saturated rings. The molecule has 0 saturated carbocycles. The van der Waals surface area contributed by atoms with Crippen molar-refractivity contribution in [2.24, 2.45) is 11.3 Å². The normalized spacial score (nSPS) is 18.1. The van der Waals surface area contributed by atoms with Crippen molar-refractivity contribution >= 4 is 5.91 Å². The minimum Gasteiger partial charge on any atom is -0.476 e. The average Bonchev–Trinajstić information content (AvgIpc) is 2.59. The molecule has 1 atom stereocenters. The maximum absolute atomic E-state index is 12.9. The van der Waals surface area contributed by atoms with E-state index in [0.29, 0.717) is 11.8 Å². The standard InChI is InChI=1S/C22H40N2O3/c1-9-17(3)27-19(14-16(2)21(4,5)6)24-20(25)22(7,8)23-15-18-10-12-26-13-11-18/h14,17-18,23H,2,9-13,15H2,1,3-8H3,(H,24,25)/b19-14-/t17-/m1/s1. The molecule has 0 spiro atoms. The van der Waals surface area contributed by atoms with Crippen LogP contribution in [0.3, 0.4) is 0 Å². The topological polar surface area (TPSA) is 59.6 Å². The summed E-state index contributed by atoms with van der Waals surface area (Å²) in [6, 6.07) is 0. The third-order valence-electron chi connectivity index (χ3n) is 5.15. The van der Waals surface area contributed by atoms with Crippen molar-refractivity contribution in [1.29, 1.82) is 0 Å². The second kappa shape index (κ2) is 10.3. The number of rotatable bonds is 9. The van der Waals surface area contributed by atoms with E-state index < -0.39 is 5.54 Å². The van der Waals surface area contributed by atoms with Gasteiger partial charge in [0.05, 0.1) is 11.6 Å². The fourth-order valence-electron chi connectivity index (χ4n) is 2.47. The number of ether oxygens (including phenoxy) is 2. The van der Waals surface area contributed by atoms with Gasteiger partial charge in [0, 0.05) is 19.3 Å². The zero-order valence-corrected chi connectivity index (χ0v) is 18.4. The summed E-state index contributed by atoms with van der Waals surface area (Å²) in [5, 5.41) is 6.38. The summed E-state index contributed by atoms with van der Waals surface area (Å²) >= 11 is 0. The van der Waals surface area contributed by atoms with E-state index >= 15 is 0 Å². The Labute approximate surface area is 166 Å². The van der Waals surface area contributed by atoms with Gasteiger partial charge in [-0.1, -0.05) is 34.3 Å². The van der Waals surface area contributed by atoms with Gasteiger partial charge < -0.3 is 14.8 Å². The van der Waals surface area contributed by atoms with Crippen LogP contribution in [0.5, 0.6) is 0 Å². The van der Waals surface area contributed by atoms with Gasteiger partial charge in [0.1, 0.15) is 0 Å². The van der Waals surface area contributed by atoms with Crippen LogP contribution in [0.15, 0.2) is 24.1 Å². The van der Waals surface area contributed by atoms with Crippen LogP contribution in [0, 0.1) is 11.3 Å². The molecular formula is C22H40N2O3. The quantitative estimate of drug-likeness (QED) is 0.466. The molecule has 1 aliphatic heterocycles. The zero-order valence-electron chi connectivity index (χ0n) is 18.4. The lowest BCUT2D eigenvalue weighted by molar-refractivity contribution is -0.127. The zero-order chi connectivity index (χ0) is 20.7. The molecule has 1 amide bonds. The number of carbonyl (C=O) groups is 1. The highest BCUT2D eigenvalue weighted by Gasteiger charge is 2.30. The van der Waals surface area contributed by atoms with Gasteiger partial charge in [-0.3, -0.25) is 10.1 Å². The van der Waals surface area contributed by atoms with Gasteiger partial charge in [-0.05, 0) is 63.5 Å². The summed E-state index contributed by atoms with van der Waals surface area (Å²) in [5.41, 5.74) is 0.124. The molecule has 1 aliphatic rings. The summed E-state index contributed by atoms with van der Waals surface area (Å²) in [4.78, 5) is 12.9. The molecule has 5 nitrogen and oxygen atoms in total. The van der Waals surface area contributed by atoms with Crippen molar-refractivity contribution in [3.05, 3.63) is 24.1 Å². The van der Waals surface area contributed by atoms with E-state index in [4.69, 9.17) is 9.47 Å². The molecule has 2 N–H and O–H groups in total. The average molecular weight is 381 g/mol. The molecular weight excluding hydrogens is 340 g/mol. The van der Waals surface area contributed by atoms with Crippen LogP contribution in [0.25, 0.3) is 0 Å². The largest absolute Gasteiger partial charge is 0.476 e. The first-order valence-electron chi connectivity index (χ1n) is 10.2. The van der Waals surface area contributed by atoms with Crippen LogP contribution in [0.4, 0.5) is 0 Å². The molecule has 27 heavy (non-hydrogen) atoms. The molecule has 0 aromatic carbocycles. The lowest BCUT2D eigenvalue weighted by atomic mass is 9.87. The Morgan fingerprint density at radius 3 is 2.37 bits per heavy atom. The van der Waals surface area contributed by atoms with E-state index in [2.05, 4.69) is 44.9 Å². The first kappa shape index (κ1) is 23.7. The first-order valence-corrected chi connectivity index (χ1v) is 10.2. The van der Waals surface area contributed by atoms with Gasteiger partial charge in [0.15, 0.2) is 5.88 Å². The lowest BCUT2D eigenvalue weighted by Gasteiger charge is -2.30. The van der Waals surface area contributed by atoms with Crippen LogP contribution in [-0.4, -0.2) is 37.3 Å². The minimum absolute atomic E-state index is 0.0163. The highest BCUT2D eigenvalue weighted by Crippen LogP contribution is 2.25. The van der Waals surface area contributed by atoms with Crippen LogP contribution in [-0.2, 0) is 14.3 Å². The van der Waals surface area contributed by atoms with Gasteiger partial charge in [0.25, 0.3) is 0 Å². The Balaban J connectivity index is 2.77. The lowest BCUT2D eigenvalue weighted by Crippen LogP contribution is -2.54. The Morgan fingerprint density at radius 2 is 1.85 bits per heavy atom. The van der Waals surface area contributed by atoms with Crippen molar-refractivity contribution in [3.8, 4) is 0 Å². The van der Waals surface area contributed by atoms with Gasteiger partial charge in [-0.2, -0.15) is 0 Å². The van der Waals surface area contributed by atoms with Crippen LogP contribution < -0.4 is 10.6 Å². The summed E-state index contributed by atoms with van der Waals surface area (Å²) in [6.45, 7) is 20.7. The second-order valence-corrected chi connectivity index (χ2v) is 9.14. The second-order valence-electron chi connectivity index (χ2n) is 9.14. The fourth-order valence-corrected chi connectivity index (χ4v) is 2.47. The Morgan fingerprint density at radius 1 is 1.26 bits per heavy atom. The molecule has 1 rings (SSSR count). The predicted molar refractivity (Wildman–Crippen MR) is 111 cm³/mol. The summed E-state index contributed by atoms with van der Waals surface area (Å²) in [7, 11) is 0. The molecule has 0 unspecified atom stereocenters. The van der Waals surface area contributed by atoms with E-state index in [1.54, 1.807) is 0 Å². The number of carbonyl (C=O) groups excluding carboxylic acids is 1. The SMILES string of the molecule is C=C(/C=C(/NC(=O)C(C)(C)NCC1CCOCC1)O[C@H](C)CC)C(C)(C)C. The van der Waals surface area contributed by atoms with E-state index in [1.165, 1.54) is 0 Å². The molecule has 0 radical (unpaired) electrons. The van der Waals surface area contributed by atoms with E-state index in [0.717, 1.165) is 44.6 Å². The third-order valence-corrected chi connectivity index (χ3v) is 5.15. The summed E-state index contributed by atoms with van der Waals surface area (Å²) in [6.07, 6.45) is 4.80. The first-order chi connectivity index (χ1) is 12.5. The molecule has 1 saturated heterocycles. The van der Waals surface area contributed by atoms with E-state index in [9.17, 15) is 4.79 Å². The molecule has 156 valence electrons. The van der Waals surface area contributed by atoms with Gasteiger partial charge in [-0.25, -0.2) is 0 Å². The van der Waals surface area contributed by atoms with Crippen LogP contribution in [0.2, 0.25) is 0 Å². The molecule has 0 aromatic rings. The Hall–Kier alpha value is -1.33. The minimum atomic E-state index is -0.695. The third kappa shape index (κ3) is 8.48. The Kier molecular flexibility index (Phi) is 9.03. The Bertz CT molecular complexity index is 526. The van der Waals surface area contributed by atoms with Crippen LogP contribution in [0.1, 0.15) is 67.7 Å². The fraction of sp³-hybridized carbons (Fsp3) is 0.773. The van der Waals surface area contributed by atoms with Gasteiger partial charge >= 0.3 is 0 Å². The van der Waals surface area contributed by atoms with Crippen molar-refractivity contribution in [3.63, 3.8) is 0 Å². The maximum Gasteiger partial charge on any atom is 0.246 e. The maximum atomic E-state index is 12.9. The van der Waals surface area contributed by atoms with E-state index in [-0.39, 0.29) is 17.4 Å². The van der Waals surface area contributed by atoms with Crippen molar-refractivity contribution in [2.75, 3.05) is 19.8 Å². The monoisotopic (exact) mass is 380 g/mol. The van der Waals surface area contributed by atoms with E-state index in [1.807, 2.05) is 26.8 Å². The highest BCUT2D eigenvalue weighted by molar-refractivity contribution is 5.86. The molecule has 0 bridgehead atoms. The van der Waals surface area contributed by atoms with Crippen molar-refractivity contribution < 1.29 is 14.3 Å². The molecule has 0 aromatic heterocycles. The molecule has 5 heteroatoms. The van der Waals surface area contributed by atoms with Gasteiger partial charge in [-0.15, -0.1) is 0 Å². The number of allylic oxidation sites excluding steroid dienone is 2. The summed E-state index contributed by atoms with van der Waals surface area (Å²) in [5.74, 6) is 0.916. The number of nitrogens with one attached hydrogen (secondary N) is 2. The van der Waals surface area contributed by atoms with Gasteiger partial charge in [0.2, 0.25) is 5.91 Å². The predicted octanol–water partition coefficient (Wildman–Crippen LogP) is 4.16. The smallest absolute Gasteiger partial charge is 0.246 e. The molecule has 1 heterocycles. The van der Waals surface area contributed by atoms with Crippen molar-refractivity contribution in [1.82, 2.24) is 10.6 Å². The molecule has 0 aliphatic carbocycles. The number of amides is 1. The van der Waals surface area contributed by atoms with Crippen LogP contribution >= 0.6 is 0 Å². The number of hydrogen-bond donors (Lipinski definition) is 2.